The van der Waals surface area contributed by atoms with Gasteiger partial charge in [0.15, 0.2) is 0 Å². The van der Waals surface area contributed by atoms with Crippen LogP contribution in [0.3, 0.4) is 0 Å². The molecule has 3 N–H and O–H groups in total. The summed E-state index contributed by atoms with van der Waals surface area (Å²) in [7, 11) is 0. The highest BCUT2D eigenvalue weighted by atomic mass is 35.5. The molecule has 18 heavy (non-hydrogen) atoms. The number of nitrogens with zero attached hydrogens (tertiary/aromatic N) is 1. The quantitative estimate of drug-likeness (QED) is 0.655. The molecule has 0 radical (unpaired) electrons. The maximum absolute atomic E-state index is 6.12. The minimum atomic E-state index is -0.0744. The van der Waals surface area contributed by atoms with E-state index in [1.807, 2.05) is 0 Å². The van der Waals surface area contributed by atoms with E-state index in [-0.39, 0.29) is 6.04 Å². The molecule has 1 atom stereocenters. The molecule has 2 aromatic heterocycles. The Kier molecular flexibility index (Phi) is 4.97. The van der Waals surface area contributed by atoms with Gasteiger partial charge in [-0.25, -0.2) is 0 Å². The van der Waals surface area contributed by atoms with Gasteiger partial charge in [-0.05, 0) is 41.3 Å². The summed E-state index contributed by atoms with van der Waals surface area (Å²) in [5.74, 6) is 5.57. The molecule has 1 unspecified atom stereocenters. The smallest absolute Gasteiger partial charge is 0.0773 e. The lowest BCUT2D eigenvalue weighted by Gasteiger charge is -2.16. The zero-order chi connectivity index (χ0) is 13.0. The Balaban J connectivity index is 2.08. The first-order valence-corrected chi connectivity index (χ1v) is 7.18. The summed E-state index contributed by atoms with van der Waals surface area (Å²) in [4.78, 5) is 4.25. The van der Waals surface area contributed by atoms with Gasteiger partial charge in [0.2, 0.25) is 0 Å². The normalized spacial score (nSPS) is 12.6. The van der Waals surface area contributed by atoms with E-state index in [9.17, 15) is 0 Å². The molecular weight excluding hydrogens is 289 g/mol. The molecule has 0 fully saturated rings. The number of rotatable bonds is 5. The Morgan fingerprint density at radius 2 is 2.28 bits per heavy atom. The highest BCUT2D eigenvalue weighted by Crippen LogP contribution is 2.26. The van der Waals surface area contributed by atoms with Crippen LogP contribution in [0.5, 0.6) is 0 Å². The standard InChI is InChI=1S/C12H13Cl2N3S/c13-9-5-10(14)12(16-6-9)11(17-15)2-1-8-3-4-18-7-8/h3-7,11,17H,1-2,15H2. The van der Waals surface area contributed by atoms with Crippen LogP contribution in [0.1, 0.15) is 23.7 Å². The Morgan fingerprint density at radius 3 is 2.89 bits per heavy atom. The fraction of sp³-hybridized carbons (Fsp3) is 0.250. The number of halogens is 2. The van der Waals surface area contributed by atoms with E-state index in [4.69, 9.17) is 29.0 Å². The molecule has 2 aromatic rings. The summed E-state index contributed by atoms with van der Waals surface area (Å²) >= 11 is 13.6. The first kappa shape index (κ1) is 13.8. The first-order valence-electron chi connectivity index (χ1n) is 5.49. The van der Waals surface area contributed by atoms with Crippen molar-refractivity contribution in [2.75, 3.05) is 0 Å². The van der Waals surface area contributed by atoms with Gasteiger partial charge in [0.05, 0.1) is 21.8 Å². The zero-order valence-corrected chi connectivity index (χ0v) is 11.9. The molecule has 3 nitrogen and oxygen atoms in total. The number of hydrogen-bond donors (Lipinski definition) is 2. The first-order chi connectivity index (χ1) is 8.70. The van der Waals surface area contributed by atoms with Gasteiger partial charge in [0.1, 0.15) is 0 Å². The van der Waals surface area contributed by atoms with Crippen molar-refractivity contribution < 1.29 is 0 Å². The number of hydrogen-bond acceptors (Lipinski definition) is 4. The number of aryl methyl sites for hydroxylation is 1. The van der Waals surface area contributed by atoms with E-state index < -0.39 is 0 Å². The van der Waals surface area contributed by atoms with Crippen LogP contribution in [0.2, 0.25) is 10.0 Å². The van der Waals surface area contributed by atoms with Gasteiger partial charge >= 0.3 is 0 Å². The van der Waals surface area contributed by atoms with E-state index in [1.54, 1.807) is 23.6 Å². The highest BCUT2D eigenvalue weighted by molar-refractivity contribution is 7.07. The minimum Gasteiger partial charge on any atom is -0.271 e. The third kappa shape index (κ3) is 3.43. The average molecular weight is 302 g/mol. The van der Waals surface area contributed by atoms with E-state index >= 15 is 0 Å². The summed E-state index contributed by atoms with van der Waals surface area (Å²) in [5.41, 5.74) is 4.79. The van der Waals surface area contributed by atoms with Crippen molar-refractivity contribution in [2.45, 2.75) is 18.9 Å². The number of aromatic nitrogens is 1. The number of hydrazine groups is 1. The van der Waals surface area contributed by atoms with Crippen LogP contribution >= 0.6 is 34.5 Å². The molecule has 6 heteroatoms. The summed E-state index contributed by atoms with van der Waals surface area (Å²) in [5, 5.41) is 5.26. The van der Waals surface area contributed by atoms with Crippen molar-refractivity contribution in [1.82, 2.24) is 10.4 Å². The molecule has 0 amide bonds. The molecule has 0 aromatic carbocycles. The van der Waals surface area contributed by atoms with Gasteiger partial charge in [0, 0.05) is 6.20 Å². The molecule has 0 aliphatic heterocycles. The van der Waals surface area contributed by atoms with Crippen LogP contribution < -0.4 is 11.3 Å². The summed E-state index contributed by atoms with van der Waals surface area (Å²) in [6.07, 6.45) is 3.35. The van der Waals surface area contributed by atoms with Crippen molar-refractivity contribution in [3.05, 3.63) is 50.4 Å². The number of thiophene rings is 1. The van der Waals surface area contributed by atoms with E-state index in [0.29, 0.717) is 10.0 Å². The van der Waals surface area contributed by atoms with Gasteiger partial charge in [-0.15, -0.1) is 0 Å². The Bertz CT molecular complexity index is 502. The largest absolute Gasteiger partial charge is 0.271 e. The molecule has 0 aliphatic rings. The van der Waals surface area contributed by atoms with Crippen LogP contribution in [0, 0.1) is 0 Å². The maximum atomic E-state index is 6.12. The van der Waals surface area contributed by atoms with E-state index in [2.05, 4.69) is 27.2 Å². The Hall–Kier alpha value is -0.650. The van der Waals surface area contributed by atoms with Gasteiger partial charge in [-0.3, -0.25) is 16.3 Å². The monoisotopic (exact) mass is 301 g/mol. The summed E-state index contributed by atoms with van der Waals surface area (Å²) < 4.78 is 0. The number of nitrogens with one attached hydrogen (secondary N) is 1. The fourth-order valence-electron chi connectivity index (χ4n) is 1.73. The second kappa shape index (κ2) is 6.50. The van der Waals surface area contributed by atoms with Crippen molar-refractivity contribution in [1.29, 1.82) is 0 Å². The zero-order valence-electron chi connectivity index (χ0n) is 9.57. The summed E-state index contributed by atoms with van der Waals surface area (Å²) in [6, 6.07) is 3.71. The second-order valence-corrected chi connectivity index (χ2v) is 5.53. The lowest BCUT2D eigenvalue weighted by molar-refractivity contribution is 0.505. The molecule has 2 rings (SSSR count). The van der Waals surface area contributed by atoms with Crippen molar-refractivity contribution in [3.63, 3.8) is 0 Å². The second-order valence-electron chi connectivity index (χ2n) is 3.91. The van der Waals surface area contributed by atoms with E-state index in [0.717, 1.165) is 18.5 Å². The van der Waals surface area contributed by atoms with Crippen molar-refractivity contribution >= 4 is 34.5 Å². The topological polar surface area (TPSA) is 50.9 Å². The van der Waals surface area contributed by atoms with Gasteiger partial charge < -0.3 is 0 Å². The summed E-state index contributed by atoms with van der Waals surface area (Å²) in [6.45, 7) is 0. The van der Waals surface area contributed by atoms with Crippen LogP contribution in [0.4, 0.5) is 0 Å². The number of nitrogens with two attached hydrogens (primary N) is 1. The molecule has 0 saturated heterocycles. The van der Waals surface area contributed by atoms with Gasteiger partial charge in [-0.2, -0.15) is 11.3 Å². The molecule has 2 heterocycles. The lowest BCUT2D eigenvalue weighted by Crippen LogP contribution is -2.29. The molecule has 0 bridgehead atoms. The third-order valence-electron chi connectivity index (χ3n) is 2.67. The minimum absolute atomic E-state index is 0.0744. The third-order valence-corrected chi connectivity index (χ3v) is 3.91. The molecule has 0 saturated carbocycles. The molecule has 0 spiro atoms. The van der Waals surface area contributed by atoms with Crippen LogP contribution in [0.25, 0.3) is 0 Å². The predicted molar refractivity (Wildman–Crippen MR) is 77.0 cm³/mol. The van der Waals surface area contributed by atoms with Crippen LogP contribution in [-0.2, 0) is 6.42 Å². The average Bonchev–Trinajstić information content (AvgIpc) is 2.85. The molecule has 96 valence electrons. The Morgan fingerprint density at radius 1 is 1.44 bits per heavy atom. The maximum Gasteiger partial charge on any atom is 0.0773 e. The highest BCUT2D eigenvalue weighted by Gasteiger charge is 2.15. The lowest BCUT2D eigenvalue weighted by atomic mass is 10.0. The fourth-order valence-corrected chi connectivity index (χ4v) is 2.94. The van der Waals surface area contributed by atoms with Crippen molar-refractivity contribution in [2.24, 2.45) is 5.84 Å². The SMILES string of the molecule is NNC(CCc1ccsc1)c1ncc(Cl)cc1Cl. The van der Waals surface area contributed by atoms with Crippen molar-refractivity contribution in [3.8, 4) is 0 Å². The predicted octanol–water partition coefficient (Wildman–Crippen LogP) is 3.59. The molecular formula is C12H13Cl2N3S. The van der Waals surface area contributed by atoms with Gasteiger partial charge in [-0.1, -0.05) is 23.2 Å². The van der Waals surface area contributed by atoms with Crippen LogP contribution in [0.15, 0.2) is 29.1 Å². The number of pyridine rings is 1. The Labute approximate surface area is 120 Å². The van der Waals surface area contributed by atoms with Crippen LogP contribution in [-0.4, -0.2) is 4.98 Å². The van der Waals surface area contributed by atoms with E-state index in [1.165, 1.54) is 5.56 Å². The van der Waals surface area contributed by atoms with Gasteiger partial charge in [0.25, 0.3) is 0 Å². The molecule has 0 aliphatic carbocycles.